The lowest BCUT2D eigenvalue weighted by Crippen LogP contribution is -2.39. The molecule has 0 amide bonds. The van der Waals surface area contributed by atoms with Crippen LogP contribution in [0.4, 0.5) is 0 Å². The van der Waals surface area contributed by atoms with Gasteiger partial charge in [-0.15, -0.1) is 0 Å². The Kier molecular flexibility index (Phi) is 5.96. The highest BCUT2D eigenvalue weighted by Crippen LogP contribution is 2.22. The maximum Gasteiger partial charge on any atom is 0.328 e. The number of hydrogen-bond donors (Lipinski definition) is 2. The number of aliphatic carboxylic acids is 1. The number of aliphatic hydroxyl groups is 1. The molecule has 1 fully saturated rings. The zero-order chi connectivity index (χ0) is 15.1. The number of hydrogen-bond acceptors (Lipinski definition) is 3. The number of piperidine rings is 1. The summed E-state index contributed by atoms with van der Waals surface area (Å²) in [7, 11) is 0. The summed E-state index contributed by atoms with van der Waals surface area (Å²) >= 11 is 0. The molecular weight excluding hydrogens is 266 g/mol. The number of carboxylic acids is 1. The van der Waals surface area contributed by atoms with Crippen molar-refractivity contribution >= 4 is 12.0 Å². The van der Waals surface area contributed by atoms with Crippen molar-refractivity contribution < 1.29 is 15.0 Å². The number of aliphatic hydroxyl groups excluding tert-OH is 1. The van der Waals surface area contributed by atoms with E-state index in [1.807, 2.05) is 18.2 Å². The Morgan fingerprint density at radius 1 is 1.38 bits per heavy atom. The predicted molar refractivity (Wildman–Crippen MR) is 82.9 cm³/mol. The Balaban J connectivity index is 2.04. The molecule has 2 N–H and O–H groups in total. The third-order valence-electron chi connectivity index (χ3n) is 3.97. The second-order valence-electron chi connectivity index (χ2n) is 5.55. The van der Waals surface area contributed by atoms with E-state index in [1.165, 1.54) is 18.4 Å². The fourth-order valence-electron chi connectivity index (χ4n) is 2.94. The van der Waals surface area contributed by atoms with E-state index in [4.69, 9.17) is 5.11 Å². The van der Waals surface area contributed by atoms with Crippen LogP contribution in [0, 0.1) is 0 Å². The second kappa shape index (κ2) is 7.96. The van der Waals surface area contributed by atoms with E-state index >= 15 is 0 Å². The average molecular weight is 289 g/mol. The van der Waals surface area contributed by atoms with Gasteiger partial charge in [-0.2, -0.15) is 0 Å². The van der Waals surface area contributed by atoms with Gasteiger partial charge in [-0.3, -0.25) is 4.90 Å². The summed E-state index contributed by atoms with van der Waals surface area (Å²) in [6.45, 7) is 2.17. The fourth-order valence-corrected chi connectivity index (χ4v) is 2.94. The quantitative estimate of drug-likeness (QED) is 0.790. The number of nitrogens with zero attached hydrogens (tertiary/aromatic N) is 1. The normalized spacial score (nSPS) is 20.0. The lowest BCUT2D eigenvalue weighted by molar-refractivity contribution is -0.131. The van der Waals surface area contributed by atoms with E-state index in [9.17, 15) is 9.90 Å². The Morgan fingerprint density at radius 3 is 3.00 bits per heavy atom. The summed E-state index contributed by atoms with van der Waals surface area (Å²) in [5, 5.41) is 17.9. The molecular formula is C17H23NO3. The van der Waals surface area contributed by atoms with Crippen LogP contribution in [0.2, 0.25) is 0 Å². The minimum Gasteiger partial charge on any atom is -0.478 e. The molecule has 1 aromatic rings. The standard InChI is InChI=1S/C17H23NO3/c19-11-9-16-6-1-2-10-18(16)13-15-5-3-4-14(12-15)7-8-17(20)21/h3-5,7-8,12,16,19H,1-2,6,9-11,13H2,(H,20,21). The molecule has 0 aromatic heterocycles. The Hall–Kier alpha value is -1.65. The molecule has 1 unspecified atom stereocenters. The first-order valence-electron chi connectivity index (χ1n) is 7.54. The molecule has 0 aliphatic carbocycles. The molecule has 0 saturated carbocycles. The van der Waals surface area contributed by atoms with E-state index in [0.29, 0.717) is 6.04 Å². The van der Waals surface area contributed by atoms with E-state index in [1.54, 1.807) is 6.08 Å². The summed E-state index contributed by atoms with van der Waals surface area (Å²) in [6, 6.07) is 8.43. The molecule has 21 heavy (non-hydrogen) atoms. The maximum absolute atomic E-state index is 10.6. The van der Waals surface area contributed by atoms with Crippen molar-refractivity contribution in [1.29, 1.82) is 0 Å². The molecule has 0 radical (unpaired) electrons. The first-order valence-corrected chi connectivity index (χ1v) is 7.54. The predicted octanol–water partition coefficient (Wildman–Crippen LogP) is 2.52. The van der Waals surface area contributed by atoms with Gasteiger partial charge in [0.15, 0.2) is 0 Å². The van der Waals surface area contributed by atoms with Crippen LogP contribution in [-0.2, 0) is 11.3 Å². The van der Waals surface area contributed by atoms with Gasteiger partial charge >= 0.3 is 5.97 Å². The third-order valence-corrected chi connectivity index (χ3v) is 3.97. The van der Waals surface area contributed by atoms with Gasteiger partial charge in [-0.1, -0.05) is 30.7 Å². The fraction of sp³-hybridized carbons (Fsp3) is 0.471. The van der Waals surface area contributed by atoms with E-state index in [0.717, 1.165) is 37.6 Å². The van der Waals surface area contributed by atoms with Gasteiger partial charge in [-0.25, -0.2) is 4.79 Å². The van der Waals surface area contributed by atoms with E-state index in [2.05, 4.69) is 11.0 Å². The van der Waals surface area contributed by atoms with Crippen molar-refractivity contribution in [3.05, 3.63) is 41.5 Å². The number of benzene rings is 1. The molecule has 1 aliphatic heterocycles. The van der Waals surface area contributed by atoms with Gasteiger partial charge in [0, 0.05) is 25.3 Å². The van der Waals surface area contributed by atoms with Crippen LogP contribution in [0.25, 0.3) is 6.08 Å². The molecule has 1 atom stereocenters. The molecule has 4 heteroatoms. The molecule has 1 heterocycles. The summed E-state index contributed by atoms with van der Waals surface area (Å²) in [5.74, 6) is -0.931. The smallest absolute Gasteiger partial charge is 0.328 e. The van der Waals surface area contributed by atoms with Crippen LogP contribution >= 0.6 is 0 Å². The van der Waals surface area contributed by atoms with Crippen molar-refractivity contribution in [2.45, 2.75) is 38.3 Å². The van der Waals surface area contributed by atoms with Crippen molar-refractivity contribution in [2.24, 2.45) is 0 Å². The van der Waals surface area contributed by atoms with E-state index in [-0.39, 0.29) is 6.61 Å². The summed E-state index contributed by atoms with van der Waals surface area (Å²) < 4.78 is 0. The van der Waals surface area contributed by atoms with Gasteiger partial charge in [0.1, 0.15) is 0 Å². The second-order valence-corrected chi connectivity index (χ2v) is 5.55. The lowest BCUT2D eigenvalue weighted by Gasteiger charge is -2.35. The van der Waals surface area contributed by atoms with Crippen LogP contribution in [-0.4, -0.2) is 40.3 Å². The van der Waals surface area contributed by atoms with Crippen molar-refractivity contribution in [3.8, 4) is 0 Å². The highest BCUT2D eigenvalue weighted by atomic mass is 16.4. The zero-order valence-electron chi connectivity index (χ0n) is 12.2. The zero-order valence-corrected chi connectivity index (χ0v) is 12.2. The van der Waals surface area contributed by atoms with Crippen LogP contribution in [0.15, 0.2) is 30.3 Å². The molecule has 0 bridgehead atoms. The van der Waals surface area contributed by atoms with Crippen molar-refractivity contribution in [3.63, 3.8) is 0 Å². The molecule has 1 aliphatic rings. The topological polar surface area (TPSA) is 60.8 Å². The Morgan fingerprint density at radius 2 is 2.24 bits per heavy atom. The maximum atomic E-state index is 10.6. The van der Waals surface area contributed by atoms with Crippen LogP contribution in [0.5, 0.6) is 0 Å². The van der Waals surface area contributed by atoms with Gasteiger partial charge in [0.05, 0.1) is 0 Å². The average Bonchev–Trinajstić information content (AvgIpc) is 2.48. The first kappa shape index (κ1) is 15.7. The monoisotopic (exact) mass is 289 g/mol. The van der Waals surface area contributed by atoms with Gasteiger partial charge in [0.2, 0.25) is 0 Å². The van der Waals surface area contributed by atoms with Crippen LogP contribution < -0.4 is 0 Å². The minimum absolute atomic E-state index is 0.239. The first-order chi connectivity index (χ1) is 10.2. The van der Waals surface area contributed by atoms with Crippen LogP contribution in [0.3, 0.4) is 0 Å². The number of carbonyl (C=O) groups is 1. The van der Waals surface area contributed by atoms with Gasteiger partial charge in [-0.05, 0) is 43.0 Å². The third kappa shape index (κ3) is 4.99. The lowest BCUT2D eigenvalue weighted by atomic mass is 9.98. The number of rotatable bonds is 6. The van der Waals surface area contributed by atoms with Crippen molar-refractivity contribution in [1.82, 2.24) is 4.90 Å². The minimum atomic E-state index is -0.931. The Bertz CT molecular complexity index is 497. The molecule has 1 saturated heterocycles. The molecule has 114 valence electrons. The molecule has 0 spiro atoms. The van der Waals surface area contributed by atoms with E-state index < -0.39 is 5.97 Å². The van der Waals surface area contributed by atoms with Gasteiger partial charge < -0.3 is 10.2 Å². The summed E-state index contributed by atoms with van der Waals surface area (Å²) in [6.07, 6.45) is 7.21. The molecule has 2 rings (SSSR count). The molecule has 4 nitrogen and oxygen atoms in total. The van der Waals surface area contributed by atoms with Crippen molar-refractivity contribution in [2.75, 3.05) is 13.2 Å². The highest BCUT2D eigenvalue weighted by Gasteiger charge is 2.21. The van der Waals surface area contributed by atoms with Crippen LogP contribution in [0.1, 0.15) is 36.8 Å². The number of carboxylic acid groups (broad SMARTS) is 1. The summed E-state index contributed by atoms with van der Waals surface area (Å²) in [5.41, 5.74) is 2.10. The molecule has 1 aromatic carbocycles. The Labute approximate surface area is 125 Å². The number of likely N-dealkylation sites (tertiary alicyclic amines) is 1. The highest BCUT2D eigenvalue weighted by molar-refractivity contribution is 5.85. The summed E-state index contributed by atoms with van der Waals surface area (Å²) in [4.78, 5) is 13.0. The van der Waals surface area contributed by atoms with Gasteiger partial charge in [0.25, 0.3) is 0 Å². The SMILES string of the molecule is O=C(O)C=Cc1cccc(CN2CCCCC2CCO)c1. The largest absolute Gasteiger partial charge is 0.478 e.